The van der Waals surface area contributed by atoms with Crippen LogP contribution in [0.4, 0.5) is 8.78 Å². The van der Waals surface area contributed by atoms with Gasteiger partial charge in [0.05, 0.1) is 4.47 Å². The van der Waals surface area contributed by atoms with Gasteiger partial charge in [-0.25, -0.2) is 8.78 Å². The van der Waals surface area contributed by atoms with Crippen LogP contribution in [-0.2, 0) is 0 Å². The van der Waals surface area contributed by atoms with Gasteiger partial charge in [0.25, 0.3) is 0 Å². The molecule has 1 aromatic carbocycles. The van der Waals surface area contributed by atoms with E-state index in [0.29, 0.717) is 9.14 Å². The molecular formula is C11H6Br2F2O2. The van der Waals surface area contributed by atoms with Gasteiger partial charge in [-0.2, -0.15) is 0 Å². The molecule has 1 N–H and O–H groups in total. The van der Waals surface area contributed by atoms with Gasteiger partial charge in [0.2, 0.25) is 0 Å². The molecule has 2 nitrogen and oxygen atoms in total. The molecule has 1 heterocycles. The van der Waals surface area contributed by atoms with E-state index in [1.165, 1.54) is 6.07 Å². The van der Waals surface area contributed by atoms with Crippen molar-refractivity contribution >= 4 is 31.9 Å². The Morgan fingerprint density at radius 1 is 1.12 bits per heavy atom. The van der Waals surface area contributed by atoms with Crippen molar-refractivity contribution in [1.29, 1.82) is 0 Å². The van der Waals surface area contributed by atoms with E-state index >= 15 is 0 Å². The van der Waals surface area contributed by atoms with Crippen molar-refractivity contribution in [3.8, 4) is 0 Å². The summed E-state index contributed by atoms with van der Waals surface area (Å²) in [5.41, 5.74) is 0.220. The van der Waals surface area contributed by atoms with Crippen LogP contribution < -0.4 is 0 Å². The first kappa shape index (κ1) is 12.7. The molecule has 0 amide bonds. The largest absolute Gasteiger partial charge is 0.450 e. The summed E-state index contributed by atoms with van der Waals surface area (Å²) in [7, 11) is 0. The monoisotopic (exact) mass is 366 g/mol. The van der Waals surface area contributed by atoms with Crippen molar-refractivity contribution in [3.63, 3.8) is 0 Å². The standard InChI is InChI=1S/C11H6Br2F2O2/c12-6-4-9(17-11(6)13)10(16)5-1-2-7(14)8(15)3-5/h1-4,10,16H. The fraction of sp³-hybridized carbons (Fsp3) is 0.0909. The Hall–Kier alpha value is -0.720. The van der Waals surface area contributed by atoms with Crippen molar-refractivity contribution in [2.45, 2.75) is 6.10 Å². The van der Waals surface area contributed by atoms with E-state index in [4.69, 9.17) is 4.42 Å². The summed E-state index contributed by atoms with van der Waals surface area (Å²) in [6.07, 6.45) is -1.15. The lowest BCUT2D eigenvalue weighted by atomic mass is 10.1. The lowest BCUT2D eigenvalue weighted by Gasteiger charge is -2.08. The summed E-state index contributed by atoms with van der Waals surface area (Å²) < 4.78 is 32.0. The summed E-state index contributed by atoms with van der Waals surface area (Å²) in [6.45, 7) is 0. The number of benzene rings is 1. The topological polar surface area (TPSA) is 33.4 Å². The lowest BCUT2D eigenvalue weighted by molar-refractivity contribution is 0.187. The van der Waals surface area contributed by atoms with Gasteiger partial charge in [-0.15, -0.1) is 0 Å². The summed E-state index contributed by atoms with van der Waals surface area (Å²) in [5, 5.41) is 9.92. The van der Waals surface area contributed by atoms with Gasteiger partial charge in [0.1, 0.15) is 11.9 Å². The number of furan rings is 1. The fourth-order valence-electron chi connectivity index (χ4n) is 1.34. The predicted molar refractivity (Wildman–Crippen MR) is 64.5 cm³/mol. The minimum Gasteiger partial charge on any atom is -0.450 e. The highest BCUT2D eigenvalue weighted by molar-refractivity contribution is 9.13. The van der Waals surface area contributed by atoms with Crippen LogP contribution in [0, 0.1) is 11.6 Å². The van der Waals surface area contributed by atoms with Crippen LogP contribution in [0.3, 0.4) is 0 Å². The third-order valence-electron chi connectivity index (χ3n) is 2.19. The number of aliphatic hydroxyl groups is 1. The molecule has 1 unspecified atom stereocenters. The van der Waals surface area contributed by atoms with Crippen molar-refractivity contribution in [2.75, 3.05) is 0 Å². The third-order valence-corrected chi connectivity index (χ3v) is 3.90. The predicted octanol–water partition coefficient (Wildman–Crippen LogP) is 4.16. The molecule has 0 fully saturated rings. The van der Waals surface area contributed by atoms with Crippen molar-refractivity contribution < 1.29 is 18.3 Å². The van der Waals surface area contributed by atoms with Crippen LogP contribution in [0.25, 0.3) is 0 Å². The molecular weight excluding hydrogens is 362 g/mol. The lowest BCUT2D eigenvalue weighted by Crippen LogP contribution is -1.99. The van der Waals surface area contributed by atoms with E-state index < -0.39 is 17.7 Å². The van der Waals surface area contributed by atoms with Crippen LogP contribution in [0.15, 0.2) is 37.8 Å². The van der Waals surface area contributed by atoms with Gasteiger partial charge < -0.3 is 9.52 Å². The summed E-state index contributed by atoms with van der Waals surface area (Å²) >= 11 is 6.32. The Morgan fingerprint density at radius 2 is 1.82 bits per heavy atom. The highest BCUT2D eigenvalue weighted by atomic mass is 79.9. The molecule has 0 spiro atoms. The molecule has 0 bridgehead atoms. The summed E-state index contributed by atoms with van der Waals surface area (Å²) in [4.78, 5) is 0. The smallest absolute Gasteiger partial charge is 0.183 e. The molecule has 0 saturated carbocycles. The summed E-state index contributed by atoms with van der Waals surface area (Å²) in [6, 6.07) is 4.74. The average molecular weight is 368 g/mol. The molecule has 0 aliphatic carbocycles. The minimum absolute atomic E-state index is 0.220. The molecule has 17 heavy (non-hydrogen) atoms. The Balaban J connectivity index is 2.36. The van der Waals surface area contributed by atoms with Gasteiger partial charge in [-0.05, 0) is 55.6 Å². The van der Waals surface area contributed by atoms with Crippen LogP contribution in [-0.4, -0.2) is 5.11 Å². The maximum atomic E-state index is 13.0. The van der Waals surface area contributed by atoms with Crippen LogP contribution >= 0.6 is 31.9 Å². The number of hydrogen-bond donors (Lipinski definition) is 1. The maximum absolute atomic E-state index is 13.0. The fourth-order valence-corrected chi connectivity index (χ4v) is 1.95. The molecule has 2 rings (SSSR count). The Morgan fingerprint density at radius 3 is 2.35 bits per heavy atom. The molecule has 1 aromatic heterocycles. The molecule has 1 atom stereocenters. The second-order valence-corrected chi connectivity index (χ2v) is 4.92. The zero-order valence-electron chi connectivity index (χ0n) is 8.25. The second kappa shape index (κ2) is 4.88. The normalized spacial score (nSPS) is 12.8. The Labute approximate surface area is 113 Å². The Bertz CT molecular complexity index is 535. The highest BCUT2D eigenvalue weighted by Crippen LogP contribution is 2.32. The molecule has 6 heteroatoms. The van der Waals surface area contributed by atoms with Crippen LogP contribution in [0.5, 0.6) is 0 Å². The maximum Gasteiger partial charge on any atom is 0.183 e. The highest BCUT2D eigenvalue weighted by Gasteiger charge is 2.18. The SMILES string of the molecule is OC(c1ccc(F)c(F)c1)c1cc(Br)c(Br)o1. The van der Waals surface area contributed by atoms with E-state index in [2.05, 4.69) is 31.9 Å². The Kier molecular flexibility index (Phi) is 3.65. The number of aliphatic hydroxyl groups excluding tert-OH is 1. The van der Waals surface area contributed by atoms with Gasteiger partial charge in [-0.3, -0.25) is 0 Å². The molecule has 0 saturated heterocycles. The number of halogens is 4. The third kappa shape index (κ3) is 2.59. The van der Waals surface area contributed by atoms with E-state index in [-0.39, 0.29) is 11.3 Å². The van der Waals surface area contributed by atoms with E-state index in [0.717, 1.165) is 12.1 Å². The second-order valence-electron chi connectivity index (χ2n) is 3.35. The van der Waals surface area contributed by atoms with Gasteiger partial charge >= 0.3 is 0 Å². The molecule has 0 aliphatic rings. The minimum atomic E-state index is -1.15. The molecule has 2 aromatic rings. The number of rotatable bonds is 2. The zero-order chi connectivity index (χ0) is 12.6. The zero-order valence-corrected chi connectivity index (χ0v) is 11.4. The number of hydrogen-bond acceptors (Lipinski definition) is 2. The van der Waals surface area contributed by atoms with E-state index in [9.17, 15) is 13.9 Å². The van der Waals surface area contributed by atoms with Crippen LogP contribution in [0.1, 0.15) is 17.4 Å². The van der Waals surface area contributed by atoms with Gasteiger partial charge in [0, 0.05) is 0 Å². The van der Waals surface area contributed by atoms with E-state index in [1.807, 2.05) is 0 Å². The average Bonchev–Trinajstić information content (AvgIpc) is 2.62. The molecule has 90 valence electrons. The first-order chi connectivity index (χ1) is 7.99. The summed E-state index contributed by atoms with van der Waals surface area (Å²) in [5.74, 6) is -1.73. The molecule has 0 aliphatic heterocycles. The van der Waals surface area contributed by atoms with Crippen molar-refractivity contribution in [1.82, 2.24) is 0 Å². The molecule has 0 radical (unpaired) electrons. The van der Waals surface area contributed by atoms with Gasteiger partial charge in [-0.1, -0.05) is 6.07 Å². The quantitative estimate of drug-likeness (QED) is 0.864. The van der Waals surface area contributed by atoms with Crippen molar-refractivity contribution in [2.24, 2.45) is 0 Å². The van der Waals surface area contributed by atoms with Crippen LogP contribution in [0.2, 0.25) is 0 Å². The first-order valence-corrected chi connectivity index (χ1v) is 6.15. The van der Waals surface area contributed by atoms with E-state index in [1.54, 1.807) is 6.07 Å². The first-order valence-electron chi connectivity index (χ1n) is 4.57. The van der Waals surface area contributed by atoms with Crippen molar-refractivity contribution in [3.05, 3.63) is 56.4 Å². The van der Waals surface area contributed by atoms with Gasteiger partial charge in [0.15, 0.2) is 16.3 Å².